The summed E-state index contributed by atoms with van der Waals surface area (Å²) in [4.78, 5) is 15.7. The molecule has 1 aromatic rings. The number of rotatable bonds is 6. The highest BCUT2D eigenvalue weighted by atomic mass is 32.1. The lowest BCUT2D eigenvalue weighted by Crippen LogP contribution is -2.48. The third-order valence-electron chi connectivity index (χ3n) is 3.85. The maximum absolute atomic E-state index is 12.1. The van der Waals surface area contributed by atoms with Gasteiger partial charge < -0.3 is 15.8 Å². The highest BCUT2D eigenvalue weighted by molar-refractivity contribution is 7.10. The third kappa shape index (κ3) is 4.51. The topological polar surface area (TPSA) is 67.6 Å². The molecule has 0 saturated carbocycles. The number of nitrogens with two attached hydrogens (primary N) is 1. The van der Waals surface area contributed by atoms with Gasteiger partial charge in [0.1, 0.15) is 0 Å². The molecule has 0 radical (unpaired) electrons. The second-order valence-corrected chi connectivity index (χ2v) is 6.67. The number of carbonyl (C=O) groups excluding carboxylic acids is 1. The van der Waals surface area contributed by atoms with Crippen molar-refractivity contribution < 1.29 is 9.53 Å². The van der Waals surface area contributed by atoms with Gasteiger partial charge in [-0.25, -0.2) is 0 Å². The van der Waals surface area contributed by atoms with Crippen molar-refractivity contribution in [1.29, 1.82) is 0 Å². The summed E-state index contributed by atoms with van der Waals surface area (Å²) in [6, 6.07) is 3.94. The highest BCUT2D eigenvalue weighted by Gasteiger charge is 2.25. The Morgan fingerprint density at radius 1 is 1.48 bits per heavy atom. The van der Waals surface area contributed by atoms with E-state index in [1.54, 1.807) is 11.3 Å². The molecule has 0 aromatic carbocycles. The fourth-order valence-electron chi connectivity index (χ4n) is 2.40. The maximum Gasteiger partial charge on any atom is 0.237 e. The van der Waals surface area contributed by atoms with Gasteiger partial charge in [0, 0.05) is 24.5 Å². The van der Waals surface area contributed by atoms with E-state index in [1.165, 1.54) is 4.88 Å². The molecule has 0 spiro atoms. The zero-order valence-corrected chi connectivity index (χ0v) is 13.6. The molecule has 1 aromatic heterocycles. The van der Waals surface area contributed by atoms with E-state index >= 15 is 0 Å². The van der Waals surface area contributed by atoms with Crippen molar-refractivity contribution in [1.82, 2.24) is 10.2 Å². The molecule has 2 heterocycles. The molecule has 2 atom stereocenters. The molecule has 0 aliphatic carbocycles. The van der Waals surface area contributed by atoms with Crippen molar-refractivity contribution in [2.24, 2.45) is 11.7 Å². The Morgan fingerprint density at radius 3 is 2.76 bits per heavy atom. The molecule has 118 valence electrons. The number of thiophene rings is 1. The summed E-state index contributed by atoms with van der Waals surface area (Å²) in [6.07, 6.45) is 0. The summed E-state index contributed by atoms with van der Waals surface area (Å²) in [7, 11) is 0. The Kier molecular flexibility index (Phi) is 6.17. The van der Waals surface area contributed by atoms with Gasteiger partial charge in [-0.05, 0) is 17.4 Å². The first kappa shape index (κ1) is 16.4. The normalized spacial score (nSPS) is 19.4. The van der Waals surface area contributed by atoms with Crippen LogP contribution in [0.15, 0.2) is 17.5 Å². The summed E-state index contributed by atoms with van der Waals surface area (Å²) >= 11 is 1.73. The van der Waals surface area contributed by atoms with Gasteiger partial charge in [0.05, 0.1) is 25.3 Å². The van der Waals surface area contributed by atoms with Gasteiger partial charge in [-0.1, -0.05) is 19.9 Å². The van der Waals surface area contributed by atoms with Gasteiger partial charge in [0.25, 0.3) is 0 Å². The van der Waals surface area contributed by atoms with Crippen LogP contribution in [0.1, 0.15) is 24.8 Å². The highest BCUT2D eigenvalue weighted by Crippen LogP contribution is 2.25. The monoisotopic (exact) mass is 311 g/mol. The molecule has 2 rings (SSSR count). The number of hydrogen-bond acceptors (Lipinski definition) is 5. The van der Waals surface area contributed by atoms with Crippen LogP contribution in [0.5, 0.6) is 0 Å². The van der Waals surface area contributed by atoms with Crippen molar-refractivity contribution in [3.8, 4) is 0 Å². The number of hydrogen-bond donors (Lipinski definition) is 2. The van der Waals surface area contributed by atoms with E-state index in [-0.39, 0.29) is 17.9 Å². The fraction of sp³-hybridized carbons (Fsp3) is 0.667. The molecular weight excluding hydrogens is 286 g/mol. The van der Waals surface area contributed by atoms with E-state index in [4.69, 9.17) is 10.5 Å². The second-order valence-electron chi connectivity index (χ2n) is 5.69. The van der Waals surface area contributed by atoms with Crippen molar-refractivity contribution in [3.05, 3.63) is 22.4 Å². The fourth-order valence-corrected chi connectivity index (χ4v) is 3.26. The van der Waals surface area contributed by atoms with Gasteiger partial charge in [-0.15, -0.1) is 11.3 Å². The van der Waals surface area contributed by atoms with Crippen LogP contribution >= 0.6 is 11.3 Å². The standard InChI is InChI=1S/C15H25N3O2S/c1-11(2)14(16)15(19)17-10-12(13-4-3-9-21-13)18-5-7-20-8-6-18/h3-4,9,11-12,14H,5-8,10,16H2,1-2H3,(H,17,19). The number of nitrogens with zero attached hydrogens (tertiary/aromatic N) is 1. The largest absolute Gasteiger partial charge is 0.379 e. The minimum atomic E-state index is -0.446. The summed E-state index contributed by atoms with van der Waals surface area (Å²) in [5.74, 6) is 0.0772. The average Bonchev–Trinajstić information content (AvgIpc) is 3.01. The number of morpholine rings is 1. The summed E-state index contributed by atoms with van der Waals surface area (Å²) < 4.78 is 5.42. The molecule has 2 unspecified atom stereocenters. The predicted octanol–water partition coefficient (Wildman–Crippen LogP) is 1.22. The number of nitrogens with one attached hydrogen (secondary N) is 1. The third-order valence-corrected chi connectivity index (χ3v) is 4.82. The lowest BCUT2D eigenvalue weighted by molar-refractivity contribution is -0.123. The predicted molar refractivity (Wildman–Crippen MR) is 85.3 cm³/mol. The number of ether oxygens (including phenoxy) is 1. The molecule has 6 heteroatoms. The first-order valence-electron chi connectivity index (χ1n) is 7.48. The summed E-state index contributed by atoms with van der Waals surface area (Å²) in [5, 5.41) is 5.08. The van der Waals surface area contributed by atoms with Gasteiger partial charge in [-0.2, -0.15) is 0 Å². The van der Waals surface area contributed by atoms with E-state index in [9.17, 15) is 4.79 Å². The molecule has 0 bridgehead atoms. The minimum absolute atomic E-state index is 0.0696. The molecule has 1 fully saturated rings. The number of amides is 1. The lowest BCUT2D eigenvalue weighted by atomic mass is 10.0. The van der Waals surface area contributed by atoms with Crippen LogP contribution in [0.4, 0.5) is 0 Å². The smallest absolute Gasteiger partial charge is 0.237 e. The van der Waals surface area contributed by atoms with Gasteiger partial charge in [0.2, 0.25) is 5.91 Å². The van der Waals surface area contributed by atoms with Crippen LogP contribution in [0.25, 0.3) is 0 Å². The molecule has 1 amide bonds. The first-order chi connectivity index (χ1) is 10.1. The quantitative estimate of drug-likeness (QED) is 0.829. The average molecular weight is 311 g/mol. The lowest BCUT2D eigenvalue weighted by Gasteiger charge is -2.34. The Morgan fingerprint density at radius 2 is 2.19 bits per heavy atom. The molecule has 1 aliphatic rings. The Hall–Kier alpha value is -0.950. The zero-order valence-electron chi connectivity index (χ0n) is 12.7. The summed E-state index contributed by atoms with van der Waals surface area (Å²) in [5.41, 5.74) is 5.90. The SMILES string of the molecule is CC(C)C(N)C(=O)NCC(c1cccs1)N1CCOCC1. The van der Waals surface area contributed by atoms with Crippen LogP contribution in [-0.4, -0.2) is 49.7 Å². The van der Waals surface area contributed by atoms with E-state index in [2.05, 4.69) is 27.7 Å². The van der Waals surface area contributed by atoms with Crippen molar-refractivity contribution in [3.63, 3.8) is 0 Å². The minimum Gasteiger partial charge on any atom is -0.379 e. The molecule has 3 N–H and O–H groups in total. The number of carbonyl (C=O) groups is 1. The van der Waals surface area contributed by atoms with Crippen LogP contribution in [0, 0.1) is 5.92 Å². The van der Waals surface area contributed by atoms with Gasteiger partial charge >= 0.3 is 0 Å². The molecule has 5 nitrogen and oxygen atoms in total. The van der Waals surface area contributed by atoms with Crippen molar-refractivity contribution in [2.45, 2.75) is 25.9 Å². The van der Waals surface area contributed by atoms with E-state index < -0.39 is 6.04 Å². The summed E-state index contributed by atoms with van der Waals surface area (Å²) in [6.45, 7) is 7.82. The van der Waals surface area contributed by atoms with E-state index in [0.717, 1.165) is 26.3 Å². The maximum atomic E-state index is 12.1. The first-order valence-corrected chi connectivity index (χ1v) is 8.36. The second kappa shape index (κ2) is 7.89. The Balaban J connectivity index is 1.98. The van der Waals surface area contributed by atoms with Crippen LogP contribution in [0.3, 0.4) is 0 Å². The van der Waals surface area contributed by atoms with E-state index in [1.807, 2.05) is 13.8 Å². The molecule has 21 heavy (non-hydrogen) atoms. The Labute approximate surface area is 130 Å². The van der Waals surface area contributed by atoms with Crippen LogP contribution in [-0.2, 0) is 9.53 Å². The van der Waals surface area contributed by atoms with Crippen LogP contribution in [0.2, 0.25) is 0 Å². The van der Waals surface area contributed by atoms with Gasteiger partial charge in [0.15, 0.2) is 0 Å². The molecule has 1 aliphatic heterocycles. The van der Waals surface area contributed by atoms with E-state index in [0.29, 0.717) is 6.54 Å². The molecule has 1 saturated heterocycles. The zero-order chi connectivity index (χ0) is 15.2. The van der Waals surface area contributed by atoms with Crippen molar-refractivity contribution in [2.75, 3.05) is 32.8 Å². The van der Waals surface area contributed by atoms with Crippen molar-refractivity contribution >= 4 is 17.2 Å². The van der Waals surface area contributed by atoms with Crippen LogP contribution < -0.4 is 11.1 Å². The van der Waals surface area contributed by atoms with Gasteiger partial charge in [-0.3, -0.25) is 9.69 Å². The molecular formula is C15H25N3O2S. The Bertz CT molecular complexity index is 430.